The Labute approximate surface area is 108 Å². The highest BCUT2D eigenvalue weighted by atomic mass is 35.5. The Morgan fingerprint density at radius 2 is 2.33 bits per heavy atom. The third-order valence-electron chi connectivity index (χ3n) is 2.38. The van der Waals surface area contributed by atoms with Gasteiger partial charge in [-0.3, -0.25) is 10.1 Å². The van der Waals surface area contributed by atoms with Crippen LogP contribution in [0.1, 0.15) is 11.5 Å². The second-order valence-electron chi connectivity index (χ2n) is 3.77. The molecule has 18 heavy (non-hydrogen) atoms. The van der Waals surface area contributed by atoms with Gasteiger partial charge in [-0.25, -0.2) is 4.98 Å². The van der Waals surface area contributed by atoms with E-state index in [9.17, 15) is 10.1 Å². The molecule has 0 aliphatic heterocycles. The predicted octanol–water partition coefficient (Wildman–Crippen LogP) is 2.89. The van der Waals surface area contributed by atoms with E-state index in [0.717, 1.165) is 11.5 Å². The zero-order chi connectivity index (χ0) is 13.1. The SMILES string of the molecule is Cc1ncc(CNc2cc(Cl)ccc2[N+](=O)[O-])[nH]1. The Bertz CT molecular complexity index is 582. The van der Waals surface area contributed by atoms with Crippen LogP contribution in [0.4, 0.5) is 11.4 Å². The van der Waals surface area contributed by atoms with Crippen molar-refractivity contribution in [3.05, 3.63) is 51.1 Å². The maximum Gasteiger partial charge on any atom is 0.292 e. The minimum atomic E-state index is -0.448. The van der Waals surface area contributed by atoms with E-state index in [1.54, 1.807) is 6.20 Å². The summed E-state index contributed by atoms with van der Waals surface area (Å²) in [5, 5.41) is 14.3. The number of imidazole rings is 1. The van der Waals surface area contributed by atoms with E-state index < -0.39 is 4.92 Å². The average molecular weight is 267 g/mol. The molecule has 94 valence electrons. The van der Waals surface area contributed by atoms with Gasteiger partial charge in [-0.2, -0.15) is 0 Å². The highest BCUT2D eigenvalue weighted by Gasteiger charge is 2.13. The molecule has 0 atom stereocenters. The van der Waals surface area contributed by atoms with Gasteiger partial charge in [0.15, 0.2) is 0 Å². The van der Waals surface area contributed by atoms with Crippen molar-refractivity contribution in [1.82, 2.24) is 9.97 Å². The highest BCUT2D eigenvalue weighted by molar-refractivity contribution is 6.31. The van der Waals surface area contributed by atoms with Gasteiger partial charge in [0.05, 0.1) is 23.4 Å². The van der Waals surface area contributed by atoms with Crippen LogP contribution in [-0.2, 0) is 6.54 Å². The molecule has 0 aliphatic rings. The van der Waals surface area contributed by atoms with Crippen molar-refractivity contribution in [2.24, 2.45) is 0 Å². The zero-order valence-electron chi connectivity index (χ0n) is 9.61. The first-order valence-electron chi connectivity index (χ1n) is 5.24. The number of halogens is 1. The van der Waals surface area contributed by atoms with Crippen LogP contribution >= 0.6 is 11.6 Å². The molecule has 0 saturated heterocycles. The highest BCUT2D eigenvalue weighted by Crippen LogP contribution is 2.27. The summed E-state index contributed by atoms with van der Waals surface area (Å²) < 4.78 is 0. The van der Waals surface area contributed by atoms with Gasteiger partial charge < -0.3 is 10.3 Å². The fourth-order valence-electron chi connectivity index (χ4n) is 1.56. The van der Waals surface area contributed by atoms with Gasteiger partial charge in [0.25, 0.3) is 5.69 Å². The zero-order valence-corrected chi connectivity index (χ0v) is 10.4. The number of nitrogens with one attached hydrogen (secondary N) is 2. The summed E-state index contributed by atoms with van der Waals surface area (Å²) in [6.07, 6.45) is 1.68. The van der Waals surface area contributed by atoms with Crippen LogP contribution in [0, 0.1) is 17.0 Å². The number of rotatable bonds is 4. The van der Waals surface area contributed by atoms with Crippen LogP contribution < -0.4 is 5.32 Å². The van der Waals surface area contributed by atoms with Crippen molar-refractivity contribution < 1.29 is 4.92 Å². The third-order valence-corrected chi connectivity index (χ3v) is 2.62. The predicted molar refractivity (Wildman–Crippen MR) is 68.8 cm³/mol. The van der Waals surface area contributed by atoms with Crippen LogP contribution in [-0.4, -0.2) is 14.9 Å². The molecule has 6 nitrogen and oxygen atoms in total. The Balaban J connectivity index is 2.17. The lowest BCUT2D eigenvalue weighted by Crippen LogP contribution is -2.03. The summed E-state index contributed by atoms with van der Waals surface area (Å²) in [6, 6.07) is 4.40. The maximum atomic E-state index is 10.9. The number of nitro benzene ring substituents is 1. The summed E-state index contributed by atoms with van der Waals surface area (Å²) in [6.45, 7) is 2.26. The minimum absolute atomic E-state index is 0.00404. The lowest BCUT2D eigenvalue weighted by molar-refractivity contribution is -0.384. The number of H-pyrrole nitrogens is 1. The van der Waals surface area contributed by atoms with Crippen molar-refractivity contribution in [3.8, 4) is 0 Å². The molecule has 0 unspecified atom stereocenters. The second-order valence-corrected chi connectivity index (χ2v) is 4.20. The van der Waals surface area contributed by atoms with E-state index in [-0.39, 0.29) is 5.69 Å². The molecule has 1 aromatic carbocycles. The second kappa shape index (κ2) is 5.05. The molecule has 2 rings (SSSR count). The minimum Gasteiger partial charge on any atom is -0.374 e. The van der Waals surface area contributed by atoms with Crippen LogP contribution in [0.15, 0.2) is 24.4 Å². The summed E-state index contributed by atoms with van der Waals surface area (Å²) in [5.74, 6) is 0.799. The quantitative estimate of drug-likeness (QED) is 0.658. The van der Waals surface area contributed by atoms with Crippen molar-refractivity contribution in [2.45, 2.75) is 13.5 Å². The number of nitrogens with zero attached hydrogens (tertiary/aromatic N) is 2. The number of hydrogen-bond donors (Lipinski definition) is 2. The summed E-state index contributed by atoms with van der Waals surface area (Å²) in [7, 11) is 0. The Hall–Kier alpha value is -2.08. The number of benzene rings is 1. The molecule has 0 spiro atoms. The molecule has 0 saturated carbocycles. The molecule has 0 bridgehead atoms. The number of hydrogen-bond acceptors (Lipinski definition) is 4. The van der Waals surface area contributed by atoms with Crippen molar-refractivity contribution in [3.63, 3.8) is 0 Å². The fourth-order valence-corrected chi connectivity index (χ4v) is 1.73. The van der Waals surface area contributed by atoms with E-state index in [2.05, 4.69) is 15.3 Å². The molecule has 0 amide bonds. The first kappa shape index (κ1) is 12.4. The largest absolute Gasteiger partial charge is 0.374 e. The standard InChI is InChI=1S/C11H11ClN4O2/c1-7-13-5-9(15-7)6-14-10-4-8(12)2-3-11(10)16(17)18/h2-5,14H,6H2,1H3,(H,13,15). The summed E-state index contributed by atoms with van der Waals surface area (Å²) in [5.41, 5.74) is 1.23. The Kier molecular flexibility index (Phi) is 3.47. The van der Waals surface area contributed by atoms with E-state index in [0.29, 0.717) is 17.3 Å². The molecule has 0 aliphatic carbocycles. The molecule has 0 radical (unpaired) electrons. The number of aryl methyl sites for hydroxylation is 1. The number of aromatic amines is 1. The molecular formula is C11H11ClN4O2. The van der Waals surface area contributed by atoms with Crippen molar-refractivity contribution in [2.75, 3.05) is 5.32 Å². The van der Waals surface area contributed by atoms with Crippen molar-refractivity contribution in [1.29, 1.82) is 0 Å². The molecule has 2 N–H and O–H groups in total. The van der Waals surface area contributed by atoms with Gasteiger partial charge in [-0.1, -0.05) is 11.6 Å². The van der Waals surface area contributed by atoms with Crippen LogP contribution in [0.5, 0.6) is 0 Å². The topological polar surface area (TPSA) is 83.8 Å². The van der Waals surface area contributed by atoms with Gasteiger partial charge in [0.1, 0.15) is 11.5 Å². The van der Waals surface area contributed by atoms with Crippen LogP contribution in [0.2, 0.25) is 5.02 Å². The molecule has 1 aromatic heterocycles. The van der Waals surface area contributed by atoms with E-state index in [1.165, 1.54) is 18.2 Å². The van der Waals surface area contributed by atoms with Gasteiger partial charge in [-0.15, -0.1) is 0 Å². The number of nitro groups is 1. The van der Waals surface area contributed by atoms with Gasteiger partial charge in [-0.05, 0) is 19.1 Å². The molecule has 2 aromatic rings. The molecule has 0 fully saturated rings. The first-order chi connectivity index (χ1) is 8.56. The summed E-state index contributed by atoms with van der Waals surface area (Å²) in [4.78, 5) is 17.5. The third kappa shape index (κ3) is 2.78. The monoisotopic (exact) mass is 266 g/mol. The number of anilines is 1. The first-order valence-corrected chi connectivity index (χ1v) is 5.62. The van der Waals surface area contributed by atoms with Gasteiger partial charge in [0.2, 0.25) is 0 Å². The van der Waals surface area contributed by atoms with E-state index in [4.69, 9.17) is 11.6 Å². The molecule has 1 heterocycles. The lowest BCUT2D eigenvalue weighted by atomic mass is 10.2. The average Bonchev–Trinajstić information content (AvgIpc) is 2.72. The fraction of sp³-hybridized carbons (Fsp3) is 0.182. The lowest BCUT2D eigenvalue weighted by Gasteiger charge is -2.06. The summed E-state index contributed by atoms with van der Waals surface area (Å²) >= 11 is 5.82. The van der Waals surface area contributed by atoms with E-state index in [1.807, 2.05) is 6.92 Å². The Morgan fingerprint density at radius 3 is 2.94 bits per heavy atom. The normalized spacial score (nSPS) is 10.3. The van der Waals surface area contributed by atoms with Crippen LogP contribution in [0.25, 0.3) is 0 Å². The van der Waals surface area contributed by atoms with Gasteiger partial charge in [0, 0.05) is 11.1 Å². The van der Waals surface area contributed by atoms with Crippen molar-refractivity contribution >= 4 is 23.0 Å². The maximum absolute atomic E-state index is 10.9. The Morgan fingerprint density at radius 1 is 1.56 bits per heavy atom. The van der Waals surface area contributed by atoms with Gasteiger partial charge >= 0.3 is 0 Å². The molecular weight excluding hydrogens is 256 g/mol. The number of aromatic nitrogens is 2. The van der Waals surface area contributed by atoms with E-state index >= 15 is 0 Å². The smallest absolute Gasteiger partial charge is 0.292 e. The molecule has 7 heteroatoms. The van der Waals surface area contributed by atoms with Crippen LogP contribution in [0.3, 0.4) is 0 Å².